The Hall–Kier alpha value is -0.940. The number of hydrazone groups is 1. The molecule has 6 heteroatoms. The van der Waals surface area contributed by atoms with E-state index in [-0.39, 0.29) is 11.8 Å². The molecule has 1 aliphatic heterocycles. The lowest BCUT2D eigenvalue weighted by atomic mass is 9.89. The summed E-state index contributed by atoms with van der Waals surface area (Å²) in [5.41, 5.74) is 1.98. The van der Waals surface area contributed by atoms with Crippen molar-refractivity contribution in [2.45, 2.75) is 44.5 Å². The molecule has 1 aliphatic carbocycles. The molecule has 0 aromatic heterocycles. The minimum atomic E-state index is -4.39. The van der Waals surface area contributed by atoms with Gasteiger partial charge in [-0.2, -0.15) is 13.2 Å². The quantitative estimate of drug-likeness (QED) is 0.739. The van der Waals surface area contributed by atoms with Crippen LogP contribution >= 0.6 is 0 Å². The first-order chi connectivity index (χ1) is 7.07. The van der Waals surface area contributed by atoms with Crippen molar-refractivity contribution in [1.29, 1.82) is 0 Å². The second-order valence-electron chi connectivity index (χ2n) is 3.95. The Balaban J connectivity index is 1.91. The van der Waals surface area contributed by atoms with E-state index in [4.69, 9.17) is 4.74 Å². The normalized spacial score (nSPS) is 28.2. The third-order valence-corrected chi connectivity index (χ3v) is 2.78. The predicted molar refractivity (Wildman–Crippen MR) is 48.1 cm³/mol. The Kier molecular flexibility index (Phi) is 2.75. The maximum absolute atomic E-state index is 12.2. The number of hydrogen-bond acceptors (Lipinski definition) is 3. The van der Waals surface area contributed by atoms with E-state index in [0.29, 0.717) is 0 Å². The molecule has 1 heterocycles. The van der Waals surface area contributed by atoms with E-state index in [0.717, 1.165) is 32.1 Å². The van der Waals surface area contributed by atoms with Gasteiger partial charge in [0.15, 0.2) is 0 Å². The highest BCUT2D eigenvalue weighted by Crippen LogP contribution is 2.30. The molecule has 0 amide bonds. The van der Waals surface area contributed by atoms with Gasteiger partial charge in [-0.15, -0.1) is 5.10 Å². The zero-order valence-corrected chi connectivity index (χ0v) is 8.18. The molecule has 1 saturated carbocycles. The van der Waals surface area contributed by atoms with Gasteiger partial charge in [0.2, 0.25) is 5.90 Å². The Morgan fingerprint density at radius 2 is 1.87 bits per heavy atom. The molecule has 0 radical (unpaired) electrons. The standard InChI is InChI=1S/C9H13F3N2O/c10-9(11,12)8-14-13-7(15-8)6-4-2-1-3-5-6/h6,8,14H,1-5H2. The van der Waals surface area contributed by atoms with Gasteiger partial charge in [0.25, 0.3) is 6.23 Å². The van der Waals surface area contributed by atoms with Crippen molar-refractivity contribution < 1.29 is 17.9 Å². The van der Waals surface area contributed by atoms with Crippen LogP contribution < -0.4 is 5.43 Å². The van der Waals surface area contributed by atoms with Crippen LogP contribution in [-0.2, 0) is 4.74 Å². The lowest BCUT2D eigenvalue weighted by Crippen LogP contribution is -2.38. The fourth-order valence-electron chi connectivity index (χ4n) is 1.97. The van der Waals surface area contributed by atoms with Crippen molar-refractivity contribution >= 4 is 5.90 Å². The van der Waals surface area contributed by atoms with Gasteiger partial charge in [-0.3, -0.25) is 5.43 Å². The lowest BCUT2D eigenvalue weighted by molar-refractivity contribution is -0.202. The average molecular weight is 222 g/mol. The summed E-state index contributed by atoms with van der Waals surface area (Å²) in [7, 11) is 0. The molecule has 1 atom stereocenters. The van der Waals surface area contributed by atoms with Gasteiger partial charge in [0.05, 0.1) is 0 Å². The number of alkyl halides is 3. The Bertz CT molecular complexity index is 259. The van der Waals surface area contributed by atoms with Crippen LogP contribution in [0.25, 0.3) is 0 Å². The third kappa shape index (κ3) is 2.35. The van der Waals surface area contributed by atoms with Crippen LogP contribution in [-0.4, -0.2) is 18.3 Å². The van der Waals surface area contributed by atoms with Crippen LogP contribution in [0.2, 0.25) is 0 Å². The minimum Gasteiger partial charge on any atom is -0.444 e. The van der Waals surface area contributed by atoms with Gasteiger partial charge in [-0.1, -0.05) is 19.3 Å². The largest absolute Gasteiger partial charge is 0.446 e. The highest BCUT2D eigenvalue weighted by atomic mass is 19.4. The molecule has 0 aromatic carbocycles. The average Bonchev–Trinajstić information content (AvgIpc) is 2.67. The Morgan fingerprint density at radius 1 is 1.20 bits per heavy atom. The first-order valence-corrected chi connectivity index (χ1v) is 5.14. The highest BCUT2D eigenvalue weighted by molar-refractivity contribution is 5.79. The summed E-state index contributed by atoms with van der Waals surface area (Å²) in [6.07, 6.45) is -1.34. The van der Waals surface area contributed by atoms with E-state index in [1.165, 1.54) is 0 Å². The van der Waals surface area contributed by atoms with Gasteiger partial charge in [0.1, 0.15) is 0 Å². The molecule has 0 spiro atoms. The topological polar surface area (TPSA) is 33.6 Å². The van der Waals surface area contributed by atoms with E-state index in [2.05, 4.69) is 5.10 Å². The van der Waals surface area contributed by atoms with Crippen molar-refractivity contribution in [3.05, 3.63) is 0 Å². The second kappa shape index (κ2) is 3.90. The van der Waals surface area contributed by atoms with Crippen LogP contribution in [0.4, 0.5) is 13.2 Å². The van der Waals surface area contributed by atoms with E-state index < -0.39 is 12.4 Å². The Labute approximate surface area is 85.7 Å². The lowest BCUT2D eigenvalue weighted by Gasteiger charge is -2.21. The van der Waals surface area contributed by atoms with Crippen LogP contribution in [0.1, 0.15) is 32.1 Å². The van der Waals surface area contributed by atoms with Gasteiger partial charge < -0.3 is 4.74 Å². The van der Waals surface area contributed by atoms with Crippen LogP contribution in [0.5, 0.6) is 0 Å². The van der Waals surface area contributed by atoms with Crippen molar-refractivity contribution in [3.8, 4) is 0 Å². The molecular formula is C9H13F3N2O. The summed E-state index contributed by atoms with van der Waals surface area (Å²) >= 11 is 0. The van der Waals surface area contributed by atoms with Crippen LogP contribution in [0.15, 0.2) is 5.10 Å². The molecule has 1 unspecified atom stereocenters. The van der Waals surface area contributed by atoms with E-state index in [1.54, 1.807) is 0 Å². The molecule has 86 valence electrons. The summed E-state index contributed by atoms with van der Waals surface area (Å²) < 4.78 is 41.5. The molecule has 1 fully saturated rings. The number of ether oxygens (including phenoxy) is 1. The van der Waals surface area contributed by atoms with Crippen molar-refractivity contribution in [2.24, 2.45) is 11.0 Å². The predicted octanol–water partition coefficient (Wildman–Crippen LogP) is 2.39. The maximum atomic E-state index is 12.2. The molecular weight excluding hydrogens is 209 g/mol. The molecule has 1 N–H and O–H groups in total. The van der Waals surface area contributed by atoms with E-state index in [9.17, 15) is 13.2 Å². The Morgan fingerprint density at radius 3 is 2.40 bits per heavy atom. The highest BCUT2D eigenvalue weighted by Gasteiger charge is 2.46. The summed E-state index contributed by atoms with van der Waals surface area (Å²) in [5.74, 6) is 0.302. The molecule has 0 bridgehead atoms. The van der Waals surface area contributed by atoms with Gasteiger partial charge >= 0.3 is 6.18 Å². The fourth-order valence-corrected chi connectivity index (χ4v) is 1.97. The van der Waals surface area contributed by atoms with Gasteiger partial charge in [0, 0.05) is 5.92 Å². The molecule has 0 aromatic rings. The zero-order chi connectivity index (χ0) is 10.9. The fraction of sp³-hybridized carbons (Fsp3) is 0.889. The molecule has 2 rings (SSSR count). The number of rotatable bonds is 1. The molecule has 15 heavy (non-hydrogen) atoms. The molecule has 0 saturated heterocycles. The van der Waals surface area contributed by atoms with E-state index in [1.807, 2.05) is 5.43 Å². The summed E-state index contributed by atoms with van der Waals surface area (Å²) in [5, 5.41) is 3.63. The second-order valence-corrected chi connectivity index (χ2v) is 3.95. The first-order valence-electron chi connectivity index (χ1n) is 5.14. The third-order valence-electron chi connectivity index (χ3n) is 2.78. The SMILES string of the molecule is FC(F)(F)C1NN=C(C2CCCCC2)O1. The number of hydrogen-bond donors (Lipinski definition) is 1. The molecule has 2 aliphatic rings. The molecule has 3 nitrogen and oxygen atoms in total. The first kappa shape index (κ1) is 10.6. The monoisotopic (exact) mass is 222 g/mol. The van der Waals surface area contributed by atoms with Gasteiger partial charge in [-0.25, -0.2) is 0 Å². The van der Waals surface area contributed by atoms with Crippen LogP contribution in [0.3, 0.4) is 0 Å². The number of nitrogens with one attached hydrogen (secondary N) is 1. The number of nitrogens with zero attached hydrogens (tertiary/aromatic N) is 1. The summed E-state index contributed by atoms with van der Waals surface area (Å²) in [4.78, 5) is 0. The summed E-state index contributed by atoms with van der Waals surface area (Å²) in [6, 6.07) is 0. The smallest absolute Gasteiger partial charge is 0.444 e. The maximum Gasteiger partial charge on any atom is 0.446 e. The van der Waals surface area contributed by atoms with Crippen LogP contribution in [0, 0.1) is 5.92 Å². The van der Waals surface area contributed by atoms with Gasteiger partial charge in [-0.05, 0) is 12.8 Å². The van der Waals surface area contributed by atoms with Crippen molar-refractivity contribution in [3.63, 3.8) is 0 Å². The zero-order valence-electron chi connectivity index (χ0n) is 8.18. The summed E-state index contributed by atoms with van der Waals surface area (Å²) in [6.45, 7) is 0. The number of halogens is 3. The van der Waals surface area contributed by atoms with Crippen molar-refractivity contribution in [2.75, 3.05) is 0 Å². The van der Waals surface area contributed by atoms with E-state index >= 15 is 0 Å². The minimum absolute atomic E-state index is 0.0681. The van der Waals surface area contributed by atoms with Crippen molar-refractivity contribution in [1.82, 2.24) is 5.43 Å².